The summed E-state index contributed by atoms with van der Waals surface area (Å²) in [6.07, 6.45) is 2.15. The lowest BCUT2D eigenvalue weighted by Crippen LogP contribution is -2.43. The first-order valence-corrected chi connectivity index (χ1v) is 5.39. The predicted molar refractivity (Wildman–Crippen MR) is 58.2 cm³/mol. The van der Waals surface area contributed by atoms with E-state index in [1.54, 1.807) is 0 Å². The standard InChI is InChI=1S/C11H23NO2/c1-6-10(7-2)12(9(3)4)8-11(13)14-5/h9-10H,6-8H2,1-5H3. The van der Waals surface area contributed by atoms with E-state index in [-0.39, 0.29) is 5.97 Å². The maximum absolute atomic E-state index is 11.2. The molecule has 0 aromatic heterocycles. The van der Waals surface area contributed by atoms with Crippen LogP contribution < -0.4 is 0 Å². The highest BCUT2D eigenvalue weighted by atomic mass is 16.5. The van der Waals surface area contributed by atoms with Crippen LogP contribution in [0.3, 0.4) is 0 Å². The van der Waals surface area contributed by atoms with Crippen molar-refractivity contribution in [1.82, 2.24) is 4.90 Å². The zero-order valence-electron chi connectivity index (χ0n) is 10.0. The average Bonchev–Trinajstić information content (AvgIpc) is 2.17. The summed E-state index contributed by atoms with van der Waals surface area (Å²) in [6, 6.07) is 0.869. The summed E-state index contributed by atoms with van der Waals surface area (Å²) in [5.41, 5.74) is 0. The second-order valence-electron chi connectivity index (χ2n) is 3.81. The Bertz CT molecular complexity index is 165. The summed E-state index contributed by atoms with van der Waals surface area (Å²) in [6.45, 7) is 8.94. The van der Waals surface area contributed by atoms with Gasteiger partial charge in [-0.05, 0) is 26.7 Å². The van der Waals surface area contributed by atoms with Crippen molar-refractivity contribution in [3.05, 3.63) is 0 Å². The van der Waals surface area contributed by atoms with Crippen LogP contribution in [0.15, 0.2) is 0 Å². The third-order valence-electron chi connectivity index (χ3n) is 2.61. The van der Waals surface area contributed by atoms with E-state index in [1.165, 1.54) is 7.11 Å². The second-order valence-corrected chi connectivity index (χ2v) is 3.81. The van der Waals surface area contributed by atoms with Gasteiger partial charge in [-0.15, -0.1) is 0 Å². The minimum atomic E-state index is -0.148. The largest absolute Gasteiger partial charge is 0.468 e. The van der Waals surface area contributed by atoms with Gasteiger partial charge in [0, 0.05) is 12.1 Å². The molecule has 0 radical (unpaired) electrons. The van der Waals surface area contributed by atoms with Gasteiger partial charge in [0.2, 0.25) is 0 Å². The van der Waals surface area contributed by atoms with Crippen LogP contribution >= 0.6 is 0 Å². The molecule has 0 saturated heterocycles. The predicted octanol–water partition coefficient (Wildman–Crippen LogP) is 2.06. The lowest BCUT2D eigenvalue weighted by atomic mass is 10.1. The van der Waals surface area contributed by atoms with Gasteiger partial charge < -0.3 is 4.74 Å². The number of carbonyl (C=O) groups excluding carboxylic acids is 1. The summed E-state index contributed by atoms with van der Waals surface area (Å²) >= 11 is 0. The Morgan fingerprint density at radius 3 is 2.07 bits per heavy atom. The third kappa shape index (κ3) is 4.09. The minimum absolute atomic E-state index is 0.148. The van der Waals surface area contributed by atoms with E-state index in [0.717, 1.165) is 12.8 Å². The molecule has 3 heteroatoms. The first kappa shape index (κ1) is 13.4. The zero-order valence-corrected chi connectivity index (χ0v) is 10.0. The number of methoxy groups -OCH3 is 1. The topological polar surface area (TPSA) is 29.5 Å². The number of esters is 1. The molecule has 0 aromatic carbocycles. The lowest BCUT2D eigenvalue weighted by Gasteiger charge is -2.32. The van der Waals surface area contributed by atoms with E-state index in [4.69, 9.17) is 0 Å². The quantitative estimate of drug-likeness (QED) is 0.616. The van der Waals surface area contributed by atoms with Crippen LogP contribution in [0.1, 0.15) is 40.5 Å². The highest BCUT2D eigenvalue weighted by molar-refractivity contribution is 5.71. The first-order chi connectivity index (χ1) is 6.56. The third-order valence-corrected chi connectivity index (χ3v) is 2.61. The van der Waals surface area contributed by atoms with Crippen LogP contribution in [0.2, 0.25) is 0 Å². The van der Waals surface area contributed by atoms with Crippen molar-refractivity contribution < 1.29 is 9.53 Å². The number of ether oxygens (including phenoxy) is 1. The molecule has 84 valence electrons. The van der Waals surface area contributed by atoms with Gasteiger partial charge in [0.05, 0.1) is 13.7 Å². The van der Waals surface area contributed by atoms with Crippen LogP contribution in [0.5, 0.6) is 0 Å². The molecule has 14 heavy (non-hydrogen) atoms. The Labute approximate surface area is 87.4 Å². The molecule has 0 N–H and O–H groups in total. The van der Waals surface area contributed by atoms with E-state index in [9.17, 15) is 4.79 Å². The second kappa shape index (κ2) is 6.82. The first-order valence-electron chi connectivity index (χ1n) is 5.39. The SMILES string of the molecule is CCC(CC)N(CC(=O)OC)C(C)C. The van der Waals surface area contributed by atoms with E-state index >= 15 is 0 Å². The summed E-state index contributed by atoms with van der Waals surface area (Å²) in [7, 11) is 1.44. The van der Waals surface area contributed by atoms with Gasteiger partial charge in [-0.25, -0.2) is 0 Å². The molecule has 0 fully saturated rings. The molecule has 0 amide bonds. The minimum Gasteiger partial charge on any atom is -0.468 e. The molecule has 0 unspecified atom stereocenters. The van der Waals surface area contributed by atoms with Crippen molar-refractivity contribution in [3.63, 3.8) is 0 Å². The van der Waals surface area contributed by atoms with Gasteiger partial charge in [-0.3, -0.25) is 9.69 Å². The van der Waals surface area contributed by atoms with Crippen LogP contribution in [0.4, 0.5) is 0 Å². The summed E-state index contributed by atoms with van der Waals surface area (Å²) < 4.78 is 4.69. The maximum Gasteiger partial charge on any atom is 0.319 e. The van der Waals surface area contributed by atoms with Crippen molar-refractivity contribution in [3.8, 4) is 0 Å². The van der Waals surface area contributed by atoms with E-state index < -0.39 is 0 Å². The van der Waals surface area contributed by atoms with E-state index in [1.807, 2.05) is 0 Å². The highest BCUT2D eigenvalue weighted by Gasteiger charge is 2.20. The van der Waals surface area contributed by atoms with Gasteiger partial charge >= 0.3 is 5.97 Å². The number of carbonyl (C=O) groups is 1. The van der Waals surface area contributed by atoms with Crippen molar-refractivity contribution in [2.45, 2.75) is 52.6 Å². The molecule has 0 saturated carbocycles. The Balaban J connectivity index is 4.34. The molecule has 0 aliphatic rings. The molecular formula is C11H23NO2. The van der Waals surface area contributed by atoms with Crippen molar-refractivity contribution in [2.24, 2.45) is 0 Å². The van der Waals surface area contributed by atoms with Crippen LogP contribution in [-0.4, -0.2) is 36.6 Å². The zero-order chi connectivity index (χ0) is 11.1. The van der Waals surface area contributed by atoms with Crippen LogP contribution in [0, 0.1) is 0 Å². The van der Waals surface area contributed by atoms with Gasteiger partial charge in [-0.2, -0.15) is 0 Å². The molecule has 0 rings (SSSR count). The van der Waals surface area contributed by atoms with Crippen LogP contribution in [-0.2, 0) is 9.53 Å². The smallest absolute Gasteiger partial charge is 0.319 e. The molecule has 0 spiro atoms. The summed E-state index contributed by atoms with van der Waals surface area (Å²) in [5.74, 6) is -0.148. The van der Waals surface area contributed by atoms with E-state index in [0.29, 0.717) is 18.6 Å². The fourth-order valence-electron chi connectivity index (χ4n) is 1.70. The molecular weight excluding hydrogens is 178 g/mol. The average molecular weight is 201 g/mol. The molecule has 0 heterocycles. The monoisotopic (exact) mass is 201 g/mol. The number of hydrogen-bond acceptors (Lipinski definition) is 3. The fourth-order valence-corrected chi connectivity index (χ4v) is 1.70. The van der Waals surface area contributed by atoms with Crippen molar-refractivity contribution >= 4 is 5.97 Å². The molecule has 0 atom stereocenters. The Hall–Kier alpha value is -0.570. The Morgan fingerprint density at radius 2 is 1.79 bits per heavy atom. The summed E-state index contributed by atoms with van der Waals surface area (Å²) in [5, 5.41) is 0. The number of nitrogens with zero attached hydrogens (tertiary/aromatic N) is 1. The van der Waals surface area contributed by atoms with Crippen LogP contribution in [0.25, 0.3) is 0 Å². The number of hydrogen-bond donors (Lipinski definition) is 0. The van der Waals surface area contributed by atoms with Gasteiger partial charge in [0.25, 0.3) is 0 Å². The van der Waals surface area contributed by atoms with Crippen molar-refractivity contribution in [1.29, 1.82) is 0 Å². The van der Waals surface area contributed by atoms with Gasteiger partial charge in [0.1, 0.15) is 0 Å². The highest BCUT2D eigenvalue weighted by Crippen LogP contribution is 2.12. The fraction of sp³-hybridized carbons (Fsp3) is 0.909. The maximum atomic E-state index is 11.2. The van der Waals surface area contributed by atoms with Gasteiger partial charge in [-0.1, -0.05) is 13.8 Å². The van der Waals surface area contributed by atoms with E-state index in [2.05, 4.69) is 37.3 Å². The molecule has 0 bridgehead atoms. The molecule has 0 aliphatic carbocycles. The summed E-state index contributed by atoms with van der Waals surface area (Å²) in [4.78, 5) is 13.4. The van der Waals surface area contributed by atoms with Gasteiger partial charge in [0.15, 0.2) is 0 Å². The number of rotatable bonds is 6. The molecule has 0 aromatic rings. The Morgan fingerprint density at radius 1 is 1.29 bits per heavy atom. The lowest BCUT2D eigenvalue weighted by molar-refractivity contribution is -0.143. The molecule has 3 nitrogen and oxygen atoms in total. The Kier molecular flexibility index (Phi) is 6.54. The normalized spacial score (nSPS) is 11.4. The van der Waals surface area contributed by atoms with Crippen molar-refractivity contribution in [2.75, 3.05) is 13.7 Å². The molecule has 0 aliphatic heterocycles.